The Morgan fingerprint density at radius 2 is 1.95 bits per heavy atom. The van der Waals surface area contributed by atoms with Crippen LogP contribution in [0.15, 0.2) is 12.1 Å². The van der Waals surface area contributed by atoms with E-state index in [1.165, 1.54) is 20.0 Å². The number of nitrogens with zero attached hydrogens (tertiary/aromatic N) is 1. The highest BCUT2D eigenvalue weighted by molar-refractivity contribution is 6.40. The number of hydrogen-bond donors (Lipinski definition) is 0. The number of benzene rings is 1. The zero-order chi connectivity index (χ0) is 14.5. The monoisotopic (exact) mass is 353 g/mol. The highest BCUT2D eigenvalue weighted by Gasteiger charge is 2.19. The van der Waals surface area contributed by atoms with Gasteiger partial charge in [0.25, 0.3) is 0 Å². The number of hydrogen-bond acceptors (Lipinski definition) is 4. The predicted octanol–water partition coefficient (Wildman–Crippen LogP) is 3.68. The van der Waals surface area contributed by atoms with Gasteiger partial charge in [-0.15, -0.1) is 12.4 Å². The van der Waals surface area contributed by atoms with E-state index in [1.807, 2.05) is 0 Å². The minimum Gasteiger partial charge on any atom is -0.491 e. The summed E-state index contributed by atoms with van der Waals surface area (Å²) in [6.45, 7) is 3.62. The quantitative estimate of drug-likeness (QED) is 0.756. The maximum absolute atomic E-state index is 11.6. The maximum atomic E-state index is 11.6. The second kappa shape index (κ2) is 8.69. The van der Waals surface area contributed by atoms with Crippen molar-refractivity contribution in [2.45, 2.75) is 12.8 Å². The van der Waals surface area contributed by atoms with Gasteiger partial charge in [0.15, 0.2) is 0 Å². The highest BCUT2D eigenvalue weighted by atomic mass is 35.5. The molecule has 0 amide bonds. The molecular formula is C14H18Cl3NO3. The Bertz CT molecular complexity index is 491. The Morgan fingerprint density at radius 3 is 2.57 bits per heavy atom. The largest absolute Gasteiger partial charge is 0.491 e. The van der Waals surface area contributed by atoms with Crippen molar-refractivity contribution < 1.29 is 14.3 Å². The summed E-state index contributed by atoms with van der Waals surface area (Å²) in [7, 11) is 1.29. The lowest BCUT2D eigenvalue weighted by Gasteiger charge is -2.16. The molecule has 0 saturated carbocycles. The molecule has 1 aliphatic rings. The van der Waals surface area contributed by atoms with Gasteiger partial charge >= 0.3 is 5.97 Å². The van der Waals surface area contributed by atoms with Crippen molar-refractivity contribution in [3.8, 4) is 5.75 Å². The van der Waals surface area contributed by atoms with Crippen LogP contribution in [0.3, 0.4) is 0 Å². The third-order valence-corrected chi connectivity index (χ3v) is 4.00. The second-order valence-corrected chi connectivity index (χ2v) is 5.41. The van der Waals surface area contributed by atoms with Crippen molar-refractivity contribution in [3.63, 3.8) is 0 Å². The zero-order valence-corrected chi connectivity index (χ0v) is 14.1. The van der Waals surface area contributed by atoms with Gasteiger partial charge in [-0.05, 0) is 38.1 Å². The number of esters is 1. The number of halogens is 3. The lowest BCUT2D eigenvalue weighted by Crippen LogP contribution is -2.25. The molecule has 2 rings (SSSR count). The van der Waals surface area contributed by atoms with E-state index in [1.54, 1.807) is 12.1 Å². The van der Waals surface area contributed by atoms with Gasteiger partial charge in [0.2, 0.25) is 0 Å². The SMILES string of the molecule is COC(=O)c1c(Cl)ccc(OCCN2CCCC2)c1Cl.Cl. The molecule has 1 saturated heterocycles. The first-order valence-electron chi connectivity index (χ1n) is 6.55. The van der Waals surface area contributed by atoms with Crippen molar-refractivity contribution in [3.05, 3.63) is 27.7 Å². The number of carbonyl (C=O) groups excluding carboxylic acids is 1. The molecule has 1 aromatic carbocycles. The Labute approximate surface area is 140 Å². The summed E-state index contributed by atoms with van der Waals surface area (Å²) < 4.78 is 10.3. The number of carbonyl (C=O) groups is 1. The number of rotatable bonds is 5. The van der Waals surface area contributed by atoms with Crippen molar-refractivity contribution in [2.24, 2.45) is 0 Å². The first-order chi connectivity index (χ1) is 9.63. The minimum atomic E-state index is -0.565. The third kappa shape index (κ3) is 4.65. The molecular weight excluding hydrogens is 337 g/mol. The Kier molecular flexibility index (Phi) is 7.60. The standard InChI is InChI=1S/C14H17Cl2NO3.ClH/c1-19-14(18)12-10(15)4-5-11(13(12)16)20-9-8-17-6-2-3-7-17;/h4-5H,2-3,6-9H2,1H3;1H. The molecule has 0 spiro atoms. The van der Waals surface area contributed by atoms with E-state index in [4.69, 9.17) is 27.9 Å². The lowest BCUT2D eigenvalue weighted by molar-refractivity contribution is 0.0600. The molecule has 21 heavy (non-hydrogen) atoms. The average Bonchev–Trinajstić information content (AvgIpc) is 2.94. The van der Waals surface area contributed by atoms with Gasteiger partial charge in [-0.3, -0.25) is 4.90 Å². The number of ether oxygens (including phenoxy) is 2. The topological polar surface area (TPSA) is 38.8 Å². The van der Waals surface area contributed by atoms with E-state index < -0.39 is 5.97 Å². The van der Waals surface area contributed by atoms with Crippen molar-refractivity contribution >= 4 is 41.6 Å². The summed E-state index contributed by atoms with van der Waals surface area (Å²) in [6.07, 6.45) is 2.49. The van der Waals surface area contributed by atoms with E-state index in [9.17, 15) is 4.79 Å². The Hall–Kier alpha value is -0.680. The fourth-order valence-corrected chi connectivity index (χ4v) is 2.80. The van der Waals surface area contributed by atoms with Crippen LogP contribution in [0.1, 0.15) is 23.2 Å². The summed E-state index contributed by atoms with van der Waals surface area (Å²) in [4.78, 5) is 14.0. The number of methoxy groups -OCH3 is 1. The molecule has 1 fully saturated rings. The van der Waals surface area contributed by atoms with Crippen LogP contribution < -0.4 is 4.74 Å². The molecule has 1 heterocycles. The van der Waals surface area contributed by atoms with Crippen molar-refractivity contribution in [1.29, 1.82) is 0 Å². The number of likely N-dealkylation sites (tertiary alicyclic amines) is 1. The van der Waals surface area contributed by atoms with Crippen LogP contribution in [0, 0.1) is 0 Å². The van der Waals surface area contributed by atoms with E-state index in [2.05, 4.69) is 9.64 Å². The summed E-state index contributed by atoms with van der Waals surface area (Å²) in [6, 6.07) is 3.26. The Morgan fingerprint density at radius 1 is 1.29 bits per heavy atom. The molecule has 1 aliphatic heterocycles. The molecule has 118 valence electrons. The van der Waals surface area contributed by atoms with Crippen LogP contribution in [0.25, 0.3) is 0 Å². The van der Waals surface area contributed by atoms with E-state index in [0.717, 1.165) is 19.6 Å². The van der Waals surface area contributed by atoms with Gasteiger partial charge in [0, 0.05) is 6.54 Å². The van der Waals surface area contributed by atoms with Crippen LogP contribution in [0.5, 0.6) is 5.75 Å². The molecule has 7 heteroatoms. The molecule has 0 aliphatic carbocycles. The summed E-state index contributed by atoms with van der Waals surface area (Å²) in [5.41, 5.74) is 0.148. The zero-order valence-electron chi connectivity index (χ0n) is 11.7. The average molecular weight is 355 g/mol. The summed E-state index contributed by atoms with van der Waals surface area (Å²) in [5, 5.41) is 0.458. The molecule has 1 aromatic rings. The highest BCUT2D eigenvalue weighted by Crippen LogP contribution is 2.33. The molecule has 0 aromatic heterocycles. The molecule has 0 atom stereocenters. The van der Waals surface area contributed by atoms with Gasteiger partial charge in [-0.1, -0.05) is 23.2 Å². The first-order valence-corrected chi connectivity index (χ1v) is 7.30. The van der Waals surface area contributed by atoms with Gasteiger partial charge < -0.3 is 9.47 Å². The minimum absolute atomic E-state index is 0. The fraction of sp³-hybridized carbons (Fsp3) is 0.500. The van der Waals surface area contributed by atoms with Crippen LogP contribution in [-0.4, -0.2) is 44.2 Å². The van der Waals surface area contributed by atoms with Crippen LogP contribution >= 0.6 is 35.6 Å². The third-order valence-electron chi connectivity index (χ3n) is 3.31. The Balaban J connectivity index is 0.00000220. The van der Waals surface area contributed by atoms with Gasteiger partial charge in [-0.2, -0.15) is 0 Å². The second-order valence-electron chi connectivity index (χ2n) is 4.62. The molecule has 4 nitrogen and oxygen atoms in total. The van der Waals surface area contributed by atoms with E-state index in [-0.39, 0.29) is 28.0 Å². The van der Waals surface area contributed by atoms with Gasteiger partial charge in [-0.25, -0.2) is 4.79 Å². The molecule has 0 N–H and O–H groups in total. The molecule has 0 bridgehead atoms. The van der Waals surface area contributed by atoms with Crippen molar-refractivity contribution in [2.75, 3.05) is 33.4 Å². The predicted molar refractivity (Wildman–Crippen MR) is 86.2 cm³/mol. The molecule has 0 unspecified atom stereocenters. The van der Waals surface area contributed by atoms with E-state index >= 15 is 0 Å². The fourth-order valence-electron chi connectivity index (χ4n) is 2.22. The summed E-state index contributed by atoms with van der Waals surface area (Å²) in [5.74, 6) is -0.111. The smallest absolute Gasteiger partial charge is 0.341 e. The first kappa shape index (κ1) is 18.4. The van der Waals surface area contributed by atoms with Crippen LogP contribution in [-0.2, 0) is 4.74 Å². The van der Waals surface area contributed by atoms with Gasteiger partial charge in [0.05, 0.1) is 17.2 Å². The van der Waals surface area contributed by atoms with Crippen molar-refractivity contribution in [1.82, 2.24) is 4.90 Å². The molecule has 0 radical (unpaired) electrons. The van der Waals surface area contributed by atoms with Crippen LogP contribution in [0.4, 0.5) is 0 Å². The van der Waals surface area contributed by atoms with Crippen LogP contribution in [0.2, 0.25) is 10.0 Å². The normalized spacial score (nSPS) is 14.6. The van der Waals surface area contributed by atoms with E-state index in [0.29, 0.717) is 12.4 Å². The lowest BCUT2D eigenvalue weighted by atomic mass is 10.2. The summed E-state index contributed by atoms with van der Waals surface area (Å²) >= 11 is 12.1. The maximum Gasteiger partial charge on any atom is 0.341 e. The van der Waals surface area contributed by atoms with Gasteiger partial charge in [0.1, 0.15) is 17.9 Å².